The second kappa shape index (κ2) is 6.14. The van der Waals surface area contributed by atoms with Gasteiger partial charge in [-0.25, -0.2) is 0 Å². The van der Waals surface area contributed by atoms with Crippen molar-refractivity contribution in [2.75, 3.05) is 6.54 Å². The molecule has 0 aliphatic carbocycles. The summed E-state index contributed by atoms with van der Waals surface area (Å²) in [6.07, 6.45) is 1.79. The predicted molar refractivity (Wildman–Crippen MR) is 75.9 cm³/mol. The Hall–Kier alpha value is -2.16. The van der Waals surface area contributed by atoms with Crippen molar-refractivity contribution in [3.8, 4) is 0 Å². The number of hydrogen-bond acceptors (Lipinski definition) is 2. The fourth-order valence-electron chi connectivity index (χ4n) is 2.18. The Morgan fingerprint density at radius 1 is 1.21 bits per heavy atom. The number of amides is 1. The fourth-order valence-corrected chi connectivity index (χ4v) is 2.18. The van der Waals surface area contributed by atoms with E-state index in [1.807, 2.05) is 30.3 Å². The summed E-state index contributed by atoms with van der Waals surface area (Å²) in [6.45, 7) is 4.18. The van der Waals surface area contributed by atoms with Gasteiger partial charge in [0, 0.05) is 31.3 Å². The quantitative estimate of drug-likeness (QED) is 0.911. The first-order valence-corrected chi connectivity index (χ1v) is 6.39. The van der Waals surface area contributed by atoms with E-state index in [0.717, 1.165) is 5.69 Å². The molecule has 1 atom stereocenters. The number of carbonyl (C=O) groups excluding carboxylic acids is 1. The van der Waals surface area contributed by atoms with Crippen molar-refractivity contribution in [2.45, 2.75) is 19.8 Å². The predicted octanol–water partition coefficient (Wildman–Crippen LogP) is 2.66. The number of aryl methyl sites for hydroxylation is 1. The lowest BCUT2D eigenvalue weighted by Crippen LogP contribution is -2.27. The number of pyridine rings is 1. The molecule has 1 aromatic heterocycles. The SMILES string of the molecule is CC(=O)NCC(c1ccccn1)c1ccccc1C. The Labute approximate surface area is 113 Å². The summed E-state index contributed by atoms with van der Waals surface area (Å²) < 4.78 is 0. The van der Waals surface area contributed by atoms with E-state index >= 15 is 0 Å². The van der Waals surface area contributed by atoms with E-state index in [1.165, 1.54) is 18.1 Å². The summed E-state index contributed by atoms with van der Waals surface area (Å²) >= 11 is 0. The fraction of sp³-hybridized carbons (Fsp3) is 0.250. The van der Waals surface area contributed by atoms with Crippen molar-refractivity contribution in [3.05, 3.63) is 65.5 Å². The highest BCUT2D eigenvalue weighted by Gasteiger charge is 2.17. The van der Waals surface area contributed by atoms with Gasteiger partial charge in [0.05, 0.1) is 0 Å². The molecule has 3 heteroatoms. The van der Waals surface area contributed by atoms with Gasteiger partial charge >= 0.3 is 0 Å². The molecule has 1 N–H and O–H groups in total. The van der Waals surface area contributed by atoms with E-state index in [9.17, 15) is 4.79 Å². The van der Waals surface area contributed by atoms with E-state index in [2.05, 4.69) is 29.4 Å². The second-order valence-electron chi connectivity index (χ2n) is 4.60. The highest BCUT2D eigenvalue weighted by Crippen LogP contribution is 2.25. The molecule has 0 bridgehead atoms. The lowest BCUT2D eigenvalue weighted by Gasteiger charge is -2.19. The molecule has 1 unspecified atom stereocenters. The lowest BCUT2D eigenvalue weighted by atomic mass is 9.91. The monoisotopic (exact) mass is 254 g/mol. The molecule has 0 fully saturated rings. The minimum Gasteiger partial charge on any atom is -0.355 e. The molecule has 1 aromatic carbocycles. The van der Waals surface area contributed by atoms with E-state index in [-0.39, 0.29) is 11.8 Å². The van der Waals surface area contributed by atoms with Crippen molar-refractivity contribution in [1.82, 2.24) is 10.3 Å². The number of rotatable bonds is 4. The highest BCUT2D eigenvalue weighted by atomic mass is 16.1. The smallest absolute Gasteiger partial charge is 0.216 e. The van der Waals surface area contributed by atoms with Gasteiger partial charge in [-0.15, -0.1) is 0 Å². The maximum atomic E-state index is 11.2. The Morgan fingerprint density at radius 3 is 2.58 bits per heavy atom. The van der Waals surface area contributed by atoms with Crippen LogP contribution in [0, 0.1) is 6.92 Å². The van der Waals surface area contributed by atoms with Crippen molar-refractivity contribution in [2.24, 2.45) is 0 Å². The zero-order valence-electron chi connectivity index (χ0n) is 11.3. The Bertz CT molecular complexity index is 552. The van der Waals surface area contributed by atoms with Crippen LogP contribution >= 0.6 is 0 Å². The molecular formula is C16H18N2O. The van der Waals surface area contributed by atoms with Gasteiger partial charge in [0.2, 0.25) is 5.91 Å². The number of hydrogen-bond donors (Lipinski definition) is 1. The zero-order valence-corrected chi connectivity index (χ0v) is 11.3. The van der Waals surface area contributed by atoms with Gasteiger partial charge < -0.3 is 5.32 Å². The lowest BCUT2D eigenvalue weighted by molar-refractivity contribution is -0.118. The molecule has 0 aliphatic rings. The van der Waals surface area contributed by atoms with E-state index in [4.69, 9.17) is 0 Å². The van der Waals surface area contributed by atoms with Crippen molar-refractivity contribution < 1.29 is 4.79 Å². The van der Waals surface area contributed by atoms with Crippen molar-refractivity contribution in [1.29, 1.82) is 0 Å². The van der Waals surface area contributed by atoms with Crippen LogP contribution in [0.5, 0.6) is 0 Å². The third-order valence-corrected chi connectivity index (χ3v) is 3.16. The first-order valence-electron chi connectivity index (χ1n) is 6.39. The largest absolute Gasteiger partial charge is 0.355 e. The van der Waals surface area contributed by atoms with Crippen LogP contribution in [-0.4, -0.2) is 17.4 Å². The Balaban J connectivity index is 2.35. The highest BCUT2D eigenvalue weighted by molar-refractivity contribution is 5.73. The maximum absolute atomic E-state index is 11.2. The Kier molecular flexibility index (Phi) is 4.29. The van der Waals surface area contributed by atoms with Gasteiger partial charge in [0.25, 0.3) is 0 Å². The van der Waals surface area contributed by atoms with E-state index in [1.54, 1.807) is 6.20 Å². The van der Waals surface area contributed by atoms with Crippen LogP contribution < -0.4 is 5.32 Å². The Morgan fingerprint density at radius 2 is 1.95 bits per heavy atom. The molecule has 1 heterocycles. The molecule has 0 spiro atoms. The third-order valence-electron chi connectivity index (χ3n) is 3.16. The molecule has 2 aromatic rings. The van der Waals surface area contributed by atoms with Gasteiger partial charge in [0.15, 0.2) is 0 Å². The summed E-state index contributed by atoms with van der Waals surface area (Å²) in [5, 5.41) is 2.89. The van der Waals surface area contributed by atoms with Gasteiger partial charge in [-0.1, -0.05) is 30.3 Å². The molecule has 1 amide bonds. The zero-order chi connectivity index (χ0) is 13.7. The van der Waals surface area contributed by atoms with Crippen molar-refractivity contribution >= 4 is 5.91 Å². The molecule has 19 heavy (non-hydrogen) atoms. The number of nitrogens with one attached hydrogen (secondary N) is 1. The average molecular weight is 254 g/mol. The minimum absolute atomic E-state index is 0.0190. The van der Waals surface area contributed by atoms with Crippen molar-refractivity contribution in [3.63, 3.8) is 0 Å². The summed E-state index contributed by atoms with van der Waals surface area (Å²) in [5.74, 6) is 0.0702. The first-order chi connectivity index (χ1) is 9.18. The maximum Gasteiger partial charge on any atom is 0.216 e. The number of nitrogens with zero attached hydrogens (tertiary/aromatic N) is 1. The molecular weight excluding hydrogens is 236 g/mol. The standard InChI is InChI=1S/C16H18N2O/c1-12-7-3-4-8-14(12)15(11-18-13(2)19)16-9-5-6-10-17-16/h3-10,15H,11H2,1-2H3,(H,18,19). The van der Waals surface area contributed by atoms with Crippen LogP contribution in [0.2, 0.25) is 0 Å². The second-order valence-corrected chi connectivity index (χ2v) is 4.60. The topological polar surface area (TPSA) is 42.0 Å². The summed E-state index contributed by atoms with van der Waals surface area (Å²) in [6, 6.07) is 14.1. The summed E-state index contributed by atoms with van der Waals surface area (Å²) in [4.78, 5) is 15.6. The molecule has 0 saturated carbocycles. The molecule has 2 rings (SSSR count). The van der Waals surface area contributed by atoms with Crippen LogP contribution in [0.4, 0.5) is 0 Å². The molecule has 0 radical (unpaired) electrons. The van der Waals surface area contributed by atoms with Crippen LogP contribution in [0.3, 0.4) is 0 Å². The molecule has 0 aliphatic heterocycles. The van der Waals surface area contributed by atoms with Crippen LogP contribution in [0.15, 0.2) is 48.7 Å². The first kappa shape index (κ1) is 13.3. The normalized spacial score (nSPS) is 11.9. The summed E-state index contributed by atoms with van der Waals surface area (Å²) in [7, 11) is 0. The van der Waals surface area contributed by atoms with Gasteiger partial charge in [-0.2, -0.15) is 0 Å². The molecule has 98 valence electrons. The van der Waals surface area contributed by atoms with E-state index in [0.29, 0.717) is 6.54 Å². The van der Waals surface area contributed by atoms with Gasteiger partial charge in [-0.05, 0) is 30.2 Å². The van der Waals surface area contributed by atoms with E-state index < -0.39 is 0 Å². The minimum atomic E-state index is -0.0190. The number of carbonyl (C=O) groups is 1. The summed E-state index contributed by atoms with van der Waals surface area (Å²) in [5.41, 5.74) is 3.39. The van der Waals surface area contributed by atoms with Crippen LogP contribution in [0.25, 0.3) is 0 Å². The van der Waals surface area contributed by atoms with Gasteiger partial charge in [-0.3, -0.25) is 9.78 Å². The van der Waals surface area contributed by atoms with Gasteiger partial charge in [0.1, 0.15) is 0 Å². The number of benzene rings is 1. The molecule has 3 nitrogen and oxygen atoms in total. The third kappa shape index (κ3) is 3.41. The van der Waals surface area contributed by atoms with Crippen LogP contribution in [-0.2, 0) is 4.79 Å². The average Bonchev–Trinajstić information content (AvgIpc) is 2.42. The molecule has 0 saturated heterocycles. The van der Waals surface area contributed by atoms with Crippen LogP contribution in [0.1, 0.15) is 29.7 Å². The number of aromatic nitrogens is 1.